The van der Waals surface area contributed by atoms with E-state index in [2.05, 4.69) is 31.5 Å². The Bertz CT molecular complexity index is 762. The van der Waals surface area contributed by atoms with E-state index in [4.69, 9.17) is 4.74 Å². The SMILES string of the molecule is CCC1=C[N+](=C2C=CC(=O)C(OC)=C2)C=C1c1ccccc1. The number of carbonyl (C=O) groups is 1. The van der Waals surface area contributed by atoms with Crippen LogP contribution < -0.4 is 0 Å². The lowest BCUT2D eigenvalue weighted by atomic mass is 9.99. The predicted molar refractivity (Wildman–Crippen MR) is 87.3 cm³/mol. The van der Waals surface area contributed by atoms with Crippen molar-refractivity contribution in [3.63, 3.8) is 0 Å². The number of carbonyl (C=O) groups excluding carboxylic acids is 1. The number of allylic oxidation sites excluding steroid dienone is 5. The quantitative estimate of drug-likeness (QED) is 0.630. The Balaban J connectivity index is 2.07. The summed E-state index contributed by atoms with van der Waals surface area (Å²) < 4.78 is 7.17. The van der Waals surface area contributed by atoms with Crippen LogP contribution >= 0.6 is 0 Å². The number of hydrogen-bond donors (Lipinski definition) is 0. The van der Waals surface area contributed by atoms with Crippen LogP contribution in [0.3, 0.4) is 0 Å². The smallest absolute Gasteiger partial charge is 0.220 e. The monoisotopic (exact) mass is 292 g/mol. The average molecular weight is 292 g/mol. The molecule has 0 spiro atoms. The highest BCUT2D eigenvalue weighted by Gasteiger charge is 2.24. The van der Waals surface area contributed by atoms with E-state index >= 15 is 0 Å². The molecule has 0 N–H and O–H groups in total. The van der Waals surface area contributed by atoms with Crippen LogP contribution in [-0.4, -0.2) is 23.2 Å². The van der Waals surface area contributed by atoms with Crippen LogP contribution in [0.2, 0.25) is 0 Å². The molecule has 0 radical (unpaired) electrons. The zero-order valence-electron chi connectivity index (χ0n) is 12.7. The van der Waals surface area contributed by atoms with Gasteiger partial charge in [-0.15, -0.1) is 0 Å². The van der Waals surface area contributed by atoms with Crippen molar-refractivity contribution < 1.29 is 14.1 Å². The normalized spacial score (nSPS) is 20.6. The molecule has 22 heavy (non-hydrogen) atoms. The zero-order chi connectivity index (χ0) is 15.5. The lowest BCUT2D eigenvalue weighted by molar-refractivity contribution is -0.371. The van der Waals surface area contributed by atoms with E-state index in [1.165, 1.54) is 23.8 Å². The van der Waals surface area contributed by atoms with Crippen LogP contribution in [0, 0.1) is 0 Å². The Morgan fingerprint density at radius 1 is 1.09 bits per heavy atom. The summed E-state index contributed by atoms with van der Waals surface area (Å²) in [5, 5.41) is 0. The standard InChI is InChI=1S/C19H18NO2/c1-3-14-12-20(13-17(14)15-7-5-4-6-8-15)16-9-10-18(21)19(11-16)22-2/h4-13H,3H2,1-2H3/q+1. The van der Waals surface area contributed by atoms with Gasteiger partial charge in [-0.25, -0.2) is 0 Å². The molecule has 0 saturated carbocycles. The number of benzene rings is 1. The Morgan fingerprint density at radius 3 is 2.55 bits per heavy atom. The van der Waals surface area contributed by atoms with Crippen LogP contribution in [0.15, 0.2) is 72.3 Å². The van der Waals surface area contributed by atoms with Crippen LogP contribution in [0.5, 0.6) is 0 Å². The van der Waals surface area contributed by atoms with Crippen molar-refractivity contribution in [2.75, 3.05) is 7.11 Å². The second-order valence-corrected chi connectivity index (χ2v) is 5.16. The maximum atomic E-state index is 11.6. The number of ketones is 1. The molecule has 0 atom stereocenters. The fraction of sp³-hybridized carbons (Fsp3) is 0.158. The molecule has 0 bridgehead atoms. The van der Waals surface area contributed by atoms with Crippen molar-refractivity contribution in [1.82, 2.24) is 0 Å². The molecule has 0 unspecified atom stereocenters. The first kappa shape index (κ1) is 14.3. The molecule has 2 aliphatic rings. The van der Waals surface area contributed by atoms with Gasteiger partial charge in [-0.2, -0.15) is 4.58 Å². The number of nitrogens with zero attached hydrogens (tertiary/aromatic N) is 1. The van der Waals surface area contributed by atoms with Crippen molar-refractivity contribution in [1.29, 1.82) is 0 Å². The molecular weight excluding hydrogens is 274 g/mol. The molecule has 0 fully saturated rings. The second-order valence-electron chi connectivity index (χ2n) is 5.16. The molecule has 1 aliphatic heterocycles. The van der Waals surface area contributed by atoms with Gasteiger partial charge in [0.2, 0.25) is 11.5 Å². The third-order valence-corrected chi connectivity index (χ3v) is 3.82. The number of rotatable bonds is 3. The molecule has 1 heterocycles. The fourth-order valence-corrected chi connectivity index (χ4v) is 2.62. The highest BCUT2D eigenvalue weighted by molar-refractivity contribution is 6.16. The van der Waals surface area contributed by atoms with Crippen molar-refractivity contribution >= 4 is 17.1 Å². The highest BCUT2D eigenvalue weighted by atomic mass is 16.5. The van der Waals surface area contributed by atoms with Crippen molar-refractivity contribution in [2.45, 2.75) is 13.3 Å². The van der Waals surface area contributed by atoms with Gasteiger partial charge in [0.05, 0.1) is 18.8 Å². The molecule has 1 aromatic rings. The first-order valence-electron chi connectivity index (χ1n) is 7.34. The van der Waals surface area contributed by atoms with Crippen LogP contribution in [-0.2, 0) is 9.53 Å². The third-order valence-electron chi connectivity index (χ3n) is 3.82. The summed E-state index contributed by atoms with van der Waals surface area (Å²) >= 11 is 0. The van der Waals surface area contributed by atoms with E-state index in [1.807, 2.05) is 28.9 Å². The number of methoxy groups -OCH3 is 1. The van der Waals surface area contributed by atoms with Crippen molar-refractivity contribution in [3.8, 4) is 0 Å². The lowest BCUT2D eigenvalue weighted by Gasteiger charge is -2.04. The van der Waals surface area contributed by atoms with Gasteiger partial charge in [0.1, 0.15) is 0 Å². The maximum absolute atomic E-state index is 11.6. The molecule has 1 aromatic carbocycles. The van der Waals surface area contributed by atoms with Crippen LogP contribution in [0.1, 0.15) is 18.9 Å². The van der Waals surface area contributed by atoms with Gasteiger partial charge >= 0.3 is 0 Å². The topological polar surface area (TPSA) is 29.3 Å². The minimum absolute atomic E-state index is 0.0996. The second kappa shape index (κ2) is 5.98. The van der Waals surface area contributed by atoms with E-state index in [0.717, 1.165) is 12.1 Å². The van der Waals surface area contributed by atoms with E-state index in [1.54, 1.807) is 12.2 Å². The van der Waals surface area contributed by atoms with Gasteiger partial charge in [-0.1, -0.05) is 37.3 Å². The zero-order valence-corrected chi connectivity index (χ0v) is 12.7. The largest absolute Gasteiger partial charge is 0.492 e. The van der Waals surface area contributed by atoms with E-state index in [9.17, 15) is 4.79 Å². The number of hydrogen-bond acceptors (Lipinski definition) is 2. The van der Waals surface area contributed by atoms with Crippen LogP contribution in [0.25, 0.3) is 5.57 Å². The van der Waals surface area contributed by atoms with Gasteiger partial charge in [-0.3, -0.25) is 4.79 Å². The molecule has 0 amide bonds. The minimum Gasteiger partial charge on any atom is -0.492 e. The lowest BCUT2D eigenvalue weighted by Crippen LogP contribution is -2.14. The van der Waals surface area contributed by atoms with Crippen LogP contribution in [0.4, 0.5) is 0 Å². The van der Waals surface area contributed by atoms with Crippen molar-refractivity contribution in [3.05, 3.63) is 77.9 Å². The summed E-state index contributed by atoms with van der Waals surface area (Å²) in [7, 11) is 1.52. The summed E-state index contributed by atoms with van der Waals surface area (Å²) in [6, 6.07) is 10.3. The first-order chi connectivity index (χ1) is 10.7. The Labute approximate surface area is 130 Å². The molecule has 110 valence electrons. The van der Waals surface area contributed by atoms with Gasteiger partial charge in [0.15, 0.2) is 18.2 Å². The Hall–Kier alpha value is -2.68. The predicted octanol–water partition coefficient (Wildman–Crippen LogP) is 3.46. The molecule has 3 rings (SSSR count). The minimum atomic E-state index is -0.0996. The summed E-state index contributed by atoms with van der Waals surface area (Å²) in [6.07, 6.45) is 10.3. The first-order valence-corrected chi connectivity index (χ1v) is 7.34. The maximum Gasteiger partial charge on any atom is 0.220 e. The highest BCUT2D eigenvalue weighted by Crippen LogP contribution is 2.30. The van der Waals surface area contributed by atoms with E-state index < -0.39 is 0 Å². The van der Waals surface area contributed by atoms with Crippen molar-refractivity contribution in [2.24, 2.45) is 0 Å². The van der Waals surface area contributed by atoms with Gasteiger partial charge in [-0.05, 0) is 18.1 Å². The van der Waals surface area contributed by atoms with Gasteiger partial charge in [0, 0.05) is 11.6 Å². The fourth-order valence-electron chi connectivity index (χ4n) is 2.62. The molecule has 0 aromatic heterocycles. The molecule has 0 saturated heterocycles. The molecular formula is C19H18NO2+. The summed E-state index contributed by atoms with van der Waals surface area (Å²) in [5.41, 5.74) is 4.61. The molecule has 1 aliphatic carbocycles. The molecule has 3 nitrogen and oxygen atoms in total. The Kier molecular flexibility index (Phi) is 3.88. The van der Waals surface area contributed by atoms with E-state index in [-0.39, 0.29) is 5.78 Å². The van der Waals surface area contributed by atoms with E-state index in [0.29, 0.717) is 5.76 Å². The number of ether oxygens (including phenoxy) is 1. The van der Waals surface area contributed by atoms with Gasteiger partial charge < -0.3 is 4.74 Å². The molecule has 3 heteroatoms. The Morgan fingerprint density at radius 2 is 1.86 bits per heavy atom. The average Bonchev–Trinajstić information content (AvgIpc) is 3.00. The van der Waals surface area contributed by atoms with Gasteiger partial charge in [0.25, 0.3) is 0 Å². The summed E-state index contributed by atoms with van der Waals surface area (Å²) in [5.74, 6) is 0.267. The summed E-state index contributed by atoms with van der Waals surface area (Å²) in [6.45, 7) is 2.15. The third kappa shape index (κ3) is 2.58. The summed E-state index contributed by atoms with van der Waals surface area (Å²) in [4.78, 5) is 11.6.